The third-order valence-electron chi connectivity index (χ3n) is 3.60. The lowest BCUT2D eigenvalue weighted by molar-refractivity contribution is 0.294. The number of benzene rings is 1. The fourth-order valence-corrected chi connectivity index (χ4v) is 4.69. The highest BCUT2D eigenvalue weighted by molar-refractivity contribution is 9.10. The Morgan fingerprint density at radius 2 is 1.89 bits per heavy atom. The summed E-state index contributed by atoms with van der Waals surface area (Å²) in [5.74, 6) is 0. The van der Waals surface area contributed by atoms with Gasteiger partial charge in [0.15, 0.2) is 0 Å². The molecule has 0 aliphatic heterocycles. The van der Waals surface area contributed by atoms with E-state index in [0.717, 1.165) is 25.7 Å². The van der Waals surface area contributed by atoms with Crippen LogP contribution in [0.15, 0.2) is 27.6 Å². The van der Waals surface area contributed by atoms with Gasteiger partial charge in [-0.2, -0.15) is 0 Å². The molecule has 19 heavy (non-hydrogen) atoms. The van der Waals surface area contributed by atoms with Crippen LogP contribution >= 0.6 is 15.9 Å². The summed E-state index contributed by atoms with van der Waals surface area (Å²) in [6, 6.07) is 4.88. The molecule has 0 radical (unpaired) electrons. The number of nitrogens with one attached hydrogen (secondary N) is 1. The van der Waals surface area contributed by atoms with Crippen LogP contribution in [0.5, 0.6) is 0 Å². The average Bonchev–Trinajstić information content (AvgIpc) is 2.31. The van der Waals surface area contributed by atoms with Crippen molar-refractivity contribution in [3.05, 3.63) is 22.7 Å². The van der Waals surface area contributed by atoms with Gasteiger partial charge in [-0.15, -0.1) is 0 Å². The molecular formula is C13H19BrN2O2S. The summed E-state index contributed by atoms with van der Waals surface area (Å²) >= 11 is 3.28. The first-order valence-corrected chi connectivity index (χ1v) is 8.69. The molecule has 1 aromatic rings. The second-order valence-corrected chi connectivity index (χ2v) is 7.98. The van der Waals surface area contributed by atoms with Gasteiger partial charge >= 0.3 is 0 Å². The fraction of sp³-hybridized carbons (Fsp3) is 0.538. The van der Waals surface area contributed by atoms with Crippen LogP contribution in [0, 0.1) is 0 Å². The molecule has 0 atom stereocenters. The molecule has 1 fully saturated rings. The van der Waals surface area contributed by atoms with Gasteiger partial charge in [0, 0.05) is 10.0 Å². The van der Waals surface area contributed by atoms with E-state index in [2.05, 4.69) is 20.7 Å². The molecule has 0 spiro atoms. The van der Waals surface area contributed by atoms with Gasteiger partial charge in [-0.3, -0.25) is 0 Å². The maximum atomic E-state index is 12.5. The Morgan fingerprint density at radius 1 is 1.26 bits per heavy atom. The predicted octanol–water partition coefficient (Wildman–Crippen LogP) is 3.03. The molecule has 106 valence electrons. The first-order valence-electron chi connectivity index (χ1n) is 6.41. The van der Waals surface area contributed by atoms with Gasteiger partial charge in [-0.25, -0.2) is 13.1 Å². The van der Waals surface area contributed by atoms with Crippen LogP contribution in [0.1, 0.15) is 39.0 Å². The Morgan fingerprint density at radius 3 is 2.53 bits per heavy atom. The van der Waals surface area contributed by atoms with E-state index in [1.54, 1.807) is 18.2 Å². The molecule has 4 nitrogen and oxygen atoms in total. The lowest BCUT2D eigenvalue weighted by atomic mass is 9.84. The van der Waals surface area contributed by atoms with E-state index in [9.17, 15) is 8.42 Å². The van der Waals surface area contributed by atoms with Crippen molar-refractivity contribution in [1.82, 2.24) is 4.72 Å². The zero-order valence-electron chi connectivity index (χ0n) is 10.9. The topological polar surface area (TPSA) is 72.2 Å². The number of hydrogen-bond donors (Lipinski definition) is 2. The van der Waals surface area contributed by atoms with Crippen LogP contribution in [0.4, 0.5) is 5.69 Å². The Bertz CT molecular complexity index is 566. The Kier molecular flexibility index (Phi) is 4.23. The molecule has 0 aromatic heterocycles. The van der Waals surface area contributed by atoms with Crippen molar-refractivity contribution in [1.29, 1.82) is 0 Å². The highest BCUT2D eigenvalue weighted by Crippen LogP contribution is 2.31. The molecule has 6 heteroatoms. The minimum Gasteiger partial charge on any atom is -0.398 e. The summed E-state index contributed by atoms with van der Waals surface area (Å²) in [7, 11) is -3.58. The summed E-state index contributed by atoms with van der Waals surface area (Å²) in [6.07, 6.45) is 5.05. The molecule has 0 unspecified atom stereocenters. The lowest BCUT2D eigenvalue weighted by Gasteiger charge is -2.34. The molecule has 3 N–H and O–H groups in total. The fourth-order valence-electron chi connectivity index (χ4n) is 2.55. The van der Waals surface area contributed by atoms with Crippen molar-refractivity contribution in [2.75, 3.05) is 5.73 Å². The van der Waals surface area contributed by atoms with E-state index in [0.29, 0.717) is 4.47 Å². The van der Waals surface area contributed by atoms with E-state index in [4.69, 9.17) is 5.73 Å². The summed E-state index contributed by atoms with van der Waals surface area (Å²) in [4.78, 5) is 0.147. The molecule has 1 aromatic carbocycles. The molecule has 0 amide bonds. The third-order valence-corrected chi connectivity index (χ3v) is 5.79. The predicted molar refractivity (Wildman–Crippen MR) is 80.4 cm³/mol. The summed E-state index contributed by atoms with van der Waals surface area (Å²) < 4.78 is 28.5. The number of rotatable bonds is 3. The number of hydrogen-bond acceptors (Lipinski definition) is 3. The molecule has 1 aliphatic carbocycles. The van der Waals surface area contributed by atoms with E-state index < -0.39 is 10.0 Å². The van der Waals surface area contributed by atoms with Crippen molar-refractivity contribution in [3.8, 4) is 0 Å². The maximum absolute atomic E-state index is 12.5. The number of halogens is 1. The normalized spacial score (nSPS) is 19.3. The van der Waals surface area contributed by atoms with Gasteiger partial charge in [0.1, 0.15) is 4.90 Å². The van der Waals surface area contributed by atoms with Crippen LogP contribution in [-0.2, 0) is 10.0 Å². The number of nitrogen functional groups attached to an aromatic ring is 1. The molecule has 0 bridgehead atoms. The quantitative estimate of drug-likeness (QED) is 0.826. The second-order valence-electron chi connectivity index (χ2n) is 5.41. The second kappa shape index (κ2) is 5.42. The van der Waals surface area contributed by atoms with E-state index in [-0.39, 0.29) is 16.1 Å². The smallest absolute Gasteiger partial charge is 0.243 e. The van der Waals surface area contributed by atoms with Crippen molar-refractivity contribution in [2.45, 2.75) is 49.5 Å². The Balaban J connectivity index is 2.29. The molecular weight excluding hydrogens is 328 g/mol. The monoisotopic (exact) mass is 346 g/mol. The molecule has 1 aliphatic rings. The van der Waals surface area contributed by atoms with Gasteiger partial charge in [0.05, 0.1) is 5.69 Å². The first kappa shape index (κ1) is 14.8. The Labute approximate surface area is 122 Å². The number of sulfonamides is 1. The van der Waals surface area contributed by atoms with Gasteiger partial charge in [0.25, 0.3) is 0 Å². The zero-order chi connectivity index (χ0) is 14.1. The van der Waals surface area contributed by atoms with E-state index in [1.165, 1.54) is 6.42 Å². The summed E-state index contributed by atoms with van der Waals surface area (Å²) in [5.41, 5.74) is 5.70. The zero-order valence-corrected chi connectivity index (χ0v) is 13.4. The van der Waals surface area contributed by atoms with Crippen molar-refractivity contribution in [3.63, 3.8) is 0 Å². The molecule has 0 heterocycles. The van der Waals surface area contributed by atoms with Crippen LogP contribution < -0.4 is 10.5 Å². The number of nitrogens with two attached hydrogens (primary N) is 1. The van der Waals surface area contributed by atoms with Crippen LogP contribution in [0.25, 0.3) is 0 Å². The van der Waals surface area contributed by atoms with Crippen molar-refractivity contribution >= 4 is 31.6 Å². The average molecular weight is 347 g/mol. The lowest BCUT2D eigenvalue weighted by Crippen LogP contribution is -2.47. The van der Waals surface area contributed by atoms with Crippen LogP contribution in [0.2, 0.25) is 0 Å². The van der Waals surface area contributed by atoms with Crippen LogP contribution in [-0.4, -0.2) is 14.0 Å². The third kappa shape index (κ3) is 3.49. The van der Waals surface area contributed by atoms with Crippen molar-refractivity contribution in [2.24, 2.45) is 0 Å². The molecule has 2 rings (SSSR count). The highest BCUT2D eigenvalue weighted by atomic mass is 79.9. The van der Waals surface area contributed by atoms with Gasteiger partial charge in [-0.1, -0.05) is 35.2 Å². The minimum absolute atomic E-state index is 0.147. The number of anilines is 1. The van der Waals surface area contributed by atoms with E-state index in [1.807, 2.05) is 6.92 Å². The van der Waals surface area contributed by atoms with E-state index >= 15 is 0 Å². The van der Waals surface area contributed by atoms with Crippen molar-refractivity contribution < 1.29 is 8.42 Å². The van der Waals surface area contributed by atoms with Gasteiger partial charge < -0.3 is 5.73 Å². The minimum atomic E-state index is -3.58. The Hall–Kier alpha value is -0.590. The highest BCUT2D eigenvalue weighted by Gasteiger charge is 2.32. The largest absolute Gasteiger partial charge is 0.398 e. The van der Waals surface area contributed by atoms with Crippen LogP contribution in [0.3, 0.4) is 0 Å². The molecule has 1 saturated carbocycles. The maximum Gasteiger partial charge on any atom is 0.243 e. The summed E-state index contributed by atoms with van der Waals surface area (Å²) in [5, 5.41) is 0. The van der Waals surface area contributed by atoms with Gasteiger partial charge in [-0.05, 0) is 38.0 Å². The van der Waals surface area contributed by atoms with Gasteiger partial charge in [0.2, 0.25) is 10.0 Å². The first-order chi connectivity index (χ1) is 8.82. The molecule has 0 saturated heterocycles. The SMILES string of the molecule is CC1(NS(=O)(=O)c2cc(Br)ccc2N)CCCCC1. The standard InChI is InChI=1S/C13H19BrN2O2S/c1-13(7-3-2-4-8-13)16-19(17,18)12-9-10(14)5-6-11(12)15/h5-6,9,16H,2-4,7-8,15H2,1H3. The summed E-state index contributed by atoms with van der Waals surface area (Å²) in [6.45, 7) is 1.97.